The molecule has 0 saturated carbocycles. The first-order chi connectivity index (χ1) is 29.8. The summed E-state index contributed by atoms with van der Waals surface area (Å²) >= 11 is 0. The van der Waals surface area contributed by atoms with E-state index in [0.29, 0.717) is 17.6 Å². The van der Waals surface area contributed by atoms with Gasteiger partial charge in [-0.3, -0.25) is 4.57 Å². The predicted octanol–water partition coefficient (Wildman–Crippen LogP) is 14.0. The number of hydrogen-bond donors (Lipinski definition) is 0. The molecule has 0 amide bonds. The van der Waals surface area contributed by atoms with Gasteiger partial charge in [0.05, 0.1) is 22.1 Å². The summed E-state index contributed by atoms with van der Waals surface area (Å²) in [4.78, 5) is 15.9. The number of fused-ring (bicyclic) bond motifs is 16. The lowest BCUT2D eigenvalue weighted by atomic mass is 9.90. The van der Waals surface area contributed by atoms with Gasteiger partial charge in [0.2, 0.25) is 5.95 Å². The molecule has 0 saturated heterocycles. The number of nitrogens with zero attached hydrogens (tertiary/aromatic N) is 5. The molecular weight excluding hydrogens is 731 g/mol. The Morgan fingerprint density at radius 2 is 0.800 bits per heavy atom. The first kappa shape index (κ1) is 32.9. The van der Waals surface area contributed by atoms with Crippen LogP contribution < -0.4 is 0 Å². The molecule has 10 aromatic carbocycles. The van der Waals surface area contributed by atoms with E-state index in [2.05, 4.69) is 191 Å². The van der Waals surface area contributed by atoms with Crippen LogP contribution in [0.3, 0.4) is 0 Å². The van der Waals surface area contributed by atoms with Gasteiger partial charge in [0.1, 0.15) is 0 Å². The maximum atomic E-state index is 5.40. The summed E-state index contributed by atoms with van der Waals surface area (Å²) in [5.74, 6) is 1.82. The second-order valence-electron chi connectivity index (χ2n) is 15.5. The monoisotopic (exact) mass is 763 g/mol. The Balaban J connectivity index is 1.25. The minimum absolute atomic E-state index is 0.575. The number of para-hydroxylation sites is 3. The summed E-state index contributed by atoms with van der Waals surface area (Å²) in [5, 5.41) is 14.3. The van der Waals surface area contributed by atoms with Crippen molar-refractivity contribution in [1.82, 2.24) is 24.1 Å². The van der Waals surface area contributed by atoms with E-state index in [0.717, 1.165) is 44.0 Å². The lowest BCUT2D eigenvalue weighted by Gasteiger charge is -2.17. The highest BCUT2D eigenvalue weighted by molar-refractivity contribution is 6.44. The van der Waals surface area contributed by atoms with E-state index in [-0.39, 0.29) is 0 Å². The van der Waals surface area contributed by atoms with Crippen molar-refractivity contribution in [2.24, 2.45) is 0 Å². The average Bonchev–Trinajstić information content (AvgIpc) is 3.86. The predicted molar refractivity (Wildman–Crippen MR) is 249 cm³/mol. The first-order valence-corrected chi connectivity index (χ1v) is 20.4. The third-order valence-electron chi connectivity index (χ3n) is 12.3. The van der Waals surface area contributed by atoms with Gasteiger partial charge < -0.3 is 4.57 Å². The molecule has 60 heavy (non-hydrogen) atoms. The van der Waals surface area contributed by atoms with Crippen molar-refractivity contribution in [2.45, 2.75) is 0 Å². The standard InChI is InChI=1S/C55H33N5/c1-3-18-35(19-4-1)53-56-54(37-32-31-34-17-7-8-20-36(34)33-37)58-55(57-53)60-46-30-16-14-28-44(46)50-48-40-24-10-9-23-39(40)47-43-27-13-15-29-45(43)59(38-21-5-2-6-22-38)52(47)49(48)41-25-11-12-26-42(41)51(50)60/h1-33H. The molecule has 5 heteroatoms. The summed E-state index contributed by atoms with van der Waals surface area (Å²) in [6.45, 7) is 0. The minimum Gasteiger partial charge on any atom is -0.309 e. The molecule has 0 aliphatic heterocycles. The van der Waals surface area contributed by atoms with Crippen LogP contribution in [0.5, 0.6) is 0 Å². The fourth-order valence-electron chi connectivity index (χ4n) is 9.79. The van der Waals surface area contributed by atoms with E-state index in [9.17, 15) is 0 Å². The molecule has 3 aromatic heterocycles. The smallest absolute Gasteiger partial charge is 0.238 e. The van der Waals surface area contributed by atoms with Crippen molar-refractivity contribution in [1.29, 1.82) is 0 Å². The molecule has 0 fully saturated rings. The normalized spacial score (nSPS) is 12.0. The molecule has 0 spiro atoms. The van der Waals surface area contributed by atoms with Gasteiger partial charge in [-0.2, -0.15) is 9.97 Å². The van der Waals surface area contributed by atoms with E-state index < -0.39 is 0 Å². The Morgan fingerprint density at radius 3 is 1.52 bits per heavy atom. The van der Waals surface area contributed by atoms with Crippen LogP contribution in [0, 0.1) is 0 Å². The zero-order valence-corrected chi connectivity index (χ0v) is 32.3. The molecule has 0 atom stereocenters. The second kappa shape index (κ2) is 12.7. The number of benzene rings is 10. The summed E-state index contributed by atoms with van der Waals surface area (Å²) in [5.41, 5.74) is 7.49. The van der Waals surface area contributed by atoms with Gasteiger partial charge in [-0.1, -0.05) is 170 Å². The molecule has 0 unspecified atom stereocenters. The van der Waals surface area contributed by atoms with E-state index in [1.54, 1.807) is 0 Å². The lowest BCUT2D eigenvalue weighted by Crippen LogP contribution is -2.06. The highest BCUT2D eigenvalue weighted by Crippen LogP contribution is 2.50. The first-order valence-electron chi connectivity index (χ1n) is 20.4. The summed E-state index contributed by atoms with van der Waals surface area (Å²) in [7, 11) is 0. The van der Waals surface area contributed by atoms with Crippen molar-refractivity contribution < 1.29 is 0 Å². The fraction of sp³-hybridized carbons (Fsp3) is 0. The van der Waals surface area contributed by atoms with Crippen LogP contribution in [0.2, 0.25) is 0 Å². The van der Waals surface area contributed by atoms with Gasteiger partial charge in [-0.15, -0.1) is 0 Å². The molecule has 278 valence electrons. The largest absolute Gasteiger partial charge is 0.309 e. The van der Waals surface area contributed by atoms with Crippen molar-refractivity contribution in [3.8, 4) is 34.4 Å². The summed E-state index contributed by atoms with van der Waals surface area (Å²) in [6.07, 6.45) is 0. The van der Waals surface area contributed by atoms with Gasteiger partial charge in [0, 0.05) is 54.5 Å². The quantitative estimate of drug-likeness (QED) is 0.168. The lowest BCUT2D eigenvalue weighted by molar-refractivity contribution is 0.955. The van der Waals surface area contributed by atoms with Crippen LogP contribution in [0.25, 0.3) is 121 Å². The van der Waals surface area contributed by atoms with Crippen molar-refractivity contribution in [2.75, 3.05) is 0 Å². The minimum atomic E-state index is 0.575. The molecular formula is C55H33N5. The molecule has 13 rings (SSSR count). The molecule has 3 heterocycles. The highest BCUT2D eigenvalue weighted by Gasteiger charge is 2.27. The Kier molecular flexibility index (Phi) is 6.95. The zero-order chi connectivity index (χ0) is 39.3. The molecule has 0 aliphatic carbocycles. The third kappa shape index (κ3) is 4.66. The van der Waals surface area contributed by atoms with E-state index in [4.69, 9.17) is 15.0 Å². The van der Waals surface area contributed by atoms with Gasteiger partial charge in [-0.05, 0) is 57.3 Å². The van der Waals surface area contributed by atoms with Crippen molar-refractivity contribution in [3.05, 3.63) is 200 Å². The van der Waals surface area contributed by atoms with Gasteiger partial charge in [-0.25, -0.2) is 4.98 Å². The fourth-order valence-corrected chi connectivity index (χ4v) is 9.79. The molecule has 0 radical (unpaired) electrons. The van der Waals surface area contributed by atoms with Crippen LogP contribution in [0.1, 0.15) is 0 Å². The highest BCUT2D eigenvalue weighted by atomic mass is 15.2. The number of hydrogen-bond acceptors (Lipinski definition) is 3. The second-order valence-corrected chi connectivity index (χ2v) is 15.5. The molecule has 0 aliphatic rings. The van der Waals surface area contributed by atoms with Crippen LogP contribution in [-0.4, -0.2) is 24.1 Å². The zero-order valence-electron chi connectivity index (χ0n) is 32.3. The van der Waals surface area contributed by atoms with Crippen molar-refractivity contribution in [3.63, 3.8) is 0 Å². The van der Waals surface area contributed by atoms with Crippen LogP contribution >= 0.6 is 0 Å². The SMILES string of the molecule is c1ccc(-c2nc(-c3ccc4ccccc4c3)nc(-n3c4ccccc4c4c5c6ccccc6c6c7ccccc7n(-c7ccccc7)c6c5c5ccccc5c43)n2)cc1. The Morgan fingerprint density at radius 1 is 0.300 bits per heavy atom. The van der Waals surface area contributed by atoms with Gasteiger partial charge in [0.25, 0.3) is 0 Å². The molecule has 5 nitrogen and oxygen atoms in total. The summed E-state index contributed by atoms with van der Waals surface area (Å²) in [6, 6.07) is 71.4. The van der Waals surface area contributed by atoms with E-state index in [1.165, 1.54) is 59.5 Å². The van der Waals surface area contributed by atoms with Gasteiger partial charge >= 0.3 is 0 Å². The Bertz CT molecular complexity index is 3880. The van der Waals surface area contributed by atoms with Crippen LogP contribution in [-0.2, 0) is 0 Å². The topological polar surface area (TPSA) is 48.5 Å². The van der Waals surface area contributed by atoms with Crippen molar-refractivity contribution >= 4 is 86.7 Å². The molecule has 0 bridgehead atoms. The Hall–Kier alpha value is -8.15. The van der Waals surface area contributed by atoms with Crippen LogP contribution in [0.15, 0.2) is 200 Å². The average molecular weight is 764 g/mol. The number of rotatable bonds is 4. The maximum Gasteiger partial charge on any atom is 0.238 e. The molecule has 13 aromatic rings. The molecule has 0 N–H and O–H groups in total. The number of aromatic nitrogens is 5. The maximum absolute atomic E-state index is 5.40. The Labute approximate surface area is 344 Å². The van der Waals surface area contributed by atoms with E-state index in [1.807, 2.05) is 18.2 Å². The van der Waals surface area contributed by atoms with E-state index >= 15 is 0 Å². The third-order valence-corrected chi connectivity index (χ3v) is 12.3. The van der Waals surface area contributed by atoms with Crippen LogP contribution in [0.4, 0.5) is 0 Å². The van der Waals surface area contributed by atoms with Gasteiger partial charge in [0.15, 0.2) is 11.6 Å². The summed E-state index contributed by atoms with van der Waals surface area (Å²) < 4.78 is 4.77.